The lowest BCUT2D eigenvalue weighted by molar-refractivity contribution is -0.120. The molecule has 1 aliphatic heterocycles. The van der Waals surface area contributed by atoms with Gasteiger partial charge in [0.15, 0.2) is 5.82 Å². The minimum absolute atomic E-state index is 0.518. The van der Waals surface area contributed by atoms with Crippen molar-refractivity contribution in [3.05, 3.63) is 66.0 Å². The normalized spacial score (nSPS) is 14.3. The summed E-state index contributed by atoms with van der Waals surface area (Å²) in [6.45, 7) is 0.906. The fraction of sp³-hybridized carbons (Fsp3) is 0.273. The van der Waals surface area contributed by atoms with Gasteiger partial charge in [-0.15, -0.1) is 10.2 Å². The van der Waals surface area contributed by atoms with Crippen LogP contribution in [0.5, 0.6) is 0 Å². The summed E-state index contributed by atoms with van der Waals surface area (Å²) in [4.78, 5) is 23.8. The molecule has 3 amide bonds. The molecule has 4 rings (SSSR count). The summed E-state index contributed by atoms with van der Waals surface area (Å²) in [7, 11) is 0. The molecule has 0 saturated carbocycles. The van der Waals surface area contributed by atoms with Crippen LogP contribution in [0.3, 0.4) is 0 Å². The highest BCUT2D eigenvalue weighted by molar-refractivity contribution is 5.98. The van der Waals surface area contributed by atoms with Gasteiger partial charge in [-0.1, -0.05) is 48.9 Å². The number of nitrogens with one attached hydrogen (secondary N) is 2. The highest BCUT2D eigenvalue weighted by atomic mass is 16.2. The van der Waals surface area contributed by atoms with E-state index >= 15 is 0 Å². The first-order valence-electron chi connectivity index (χ1n) is 10.1. The summed E-state index contributed by atoms with van der Waals surface area (Å²) < 4.78 is 2.18. The molecule has 1 aromatic heterocycles. The van der Waals surface area contributed by atoms with Crippen LogP contribution in [0.25, 0.3) is 11.4 Å². The van der Waals surface area contributed by atoms with Gasteiger partial charge in [-0.05, 0) is 30.5 Å². The van der Waals surface area contributed by atoms with Gasteiger partial charge in [-0.2, -0.15) is 0 Å². The Morgan fingerprint density at radius 1 is 1.00 bits per heavy atom. The average Bonchev–Trinajstić information content (AvgIpc) is 3.00. The van der Waals surface area contributed by atoms with Gasteiger partial charge >= 0.3 is 6.03 Å². The minimum atomic E-state index is -0.886. The van der Waals surface area contributed by atoms with E-state index in [9.17, 15) is 9.59 Å². The molecule has 1 aliphatic rings. The number of carbonyl (C=O) groups excluding carboxylic acids is 2. The molecule has 8 heteroatoms. The second-order valence-electron chi connectivity index (χ2n) is 7.32. The van der Waals surface area contributed by atoms with Gasteiger partial charge in [0.1, 0.15) is 11.9 Å². The quantitative estimate of drug-likeness (QED) is 0.605. The van der Waals surface area contributed by atoms with Crippen molar-refractivity contribution in [2.45, 2.75) is 38.3 Å². The summed E-state index contributed by atoms with van der Waals surface area (Å²) in [6, 6.07) is 15.2. The highest BCUT2D eigenvalue weighted by Gasteiger charge is 2.22. The number of urea groups is 1. The van der Waals surface area contributed by atoms with Crippen LogP contribution in [-0.2, 0) is 17.8 Å². The van der Waals surface area contributed by atoms with Crippen molar-refractivity contribution >= 4 is 17.6 Å². The molecule has 30 heavy (non-hydrogen) atoms. The third-order valence-corrected chi connectivity index (χ3v) is 5.18. The van der Waals surface area contributed by atoms with E-state index < -0.39 is 18.0 Å². The Bertz CT molecular complexity index is 1050. The van der Waals surface area contributed by atoms with Crippen LogP contribution < -0.4 is 16.4 Å². The molecule has 0 saturated heterocycles. The Labute approximate surface area is 174 Å². The van der Waals surface area contributed by atoms with Gasteiger partial charge in [0, 0.05) is 24.2 Å². The number of fused-ring (bicyclic) bond motifs is 1. The number of hydrogen-bond donors (Lipinski definition) is 3. The highest BCUT2D eigenvalue weighted by Crippen LogP contribution is 2.27. The number of imide groups is 1. The van der Waals surface area contributed by atoms with Gasteiger partial charge in [0.2, 0.25) is 0 Å². The predicted octanol–water partition coefficient (Wildman–Crippen LogP) is 3.02. The average molecular weight is 404 g/mol. The molecule has 3 aromatic rings. The Balaban J connectivity index is 1.63. The third kappa shape index (κ3) is 4.32. The summed E-state index contributed by atoms with van der Waals surface area (Å²) in [5.74, 6) is 1.33. The fourth-order valence-corrected chi connectivity index (χ4v) is 3.75. The number of carbonyl (C=O) groups is 2. The van der Waals surface area contributed by atoms with E-state index in [0.717, 1.165) is 54.3 Å². The Kier molecular flexibility index (Phi) is 5.74. The lowest BCUT2D eigenvalue weighted by atomic mass is 10.1. The molecule has 0 fully saturated rings. The minimum Gasteiger partial charge on any atom is -0.370 e. The van der Waals surface area contributed by atoms with Gasteiger partial charge < -0.3 is 15.6 Å². The van der Waals surface area contributed by atoms with Crippen molar-refractivity contribution in [1.82, 2.24) is 20.1 Å². The summed E-state index contributed by atoms with van der Waals surface area (Å²) in [6.07, 6.45) is 4.37. The molecule has 0 spiro atoms. The zero-order valence-corrected chi connectivity index (χ0v) is 16.5. The van der Waals surface area contributed by atoms with E-state index in [4.69, 9.17) is 5.73 Å². The third-order valence-electron chi connectivity index (χ3n) is 5.18. The first-order valence-corrected chi connectivity index (χ1v) is 10.1. The molecule has 4 N–H and O–H groups in total. The Morgan fingerprint density at radius 3 is 2.63 bits per heavy atom. The van der Waals surface area contributed by atoms with E-state index in [1.165, 1.54) is 6.42 Å². The largest absolute Gasteiger partial charge is 0.370 e. The molecule has 2 heterocycles. The van der Waals surface area contributed by atoms with Gasteiger partial charge in [-0.3, -0.25) is 10.1 Å². The zero-order valence-electron chi connectivity index (χ0n) is 16.5. The molecule has 1 atom stereocenters. The molecule has 1 unspecified atom stereocenters. The number of anilines is 1. The fourth-order valence-electron chi connectivity index (χ4n) is 3.75. The molecular weight excluding hydrogens is 380 g/mol. The van der Waals surface area contributed by atoms with Crippen LogP contribution in [0.1, 0.15) is 36.7 Å². The molecule has 8 nitrogen and oxygen atoms in total. The lowest BCUT2D eigenvalue weighted by Gasteiger charge is -2.19. The number of amides is 3. The monoisotopic (exact) mass is 404 g/mol. The zero-order chi connectivity index (χ0) is 20.9. The first-order chi connectivity index (χ1) is 14.6. The number of aryl methyl sites for hydroxylation is 1. The molecule has 0 aliphatic carbocycles. The lowest BCUT2D eigenvalue weighted by Crippen LogP contribution is -2.40. The standard InChI is InChI=1S/C22H24N6O2/c23-22(30)25-21(29)19(15-8-3-1-4-9-15)24-17-11-7-10-16(14-17)20-27-26-18-12-5-2-6-13-28(18)20/h1,3-4,7-11,14,19,24H,2,5-6,12-13H2,(H3,23,25,29,30). The maximum absolute atomic E-state index is 12.6. The number of rotatable bonds is 5. The van der Waals surface area contributed by atoms with Crippen LogP contribution >= 0.6 is 0 Å². The maximum atomic E-state index is 12.6. The van der Waals surface area contributed by atoms with E-state index in [1.807, 2.05) is 54.6 Å². The maximum Gasteiger partial charge on any atom is 0.318 e. The van der Waals surface area contributed by atoms with Crippen LogP contribution in [0.15, 0.2) is 54.6 Å². The summed E-state index contributed by atoms with van der Waals surface area (Å²) in [5.41, 5.74) is 7.52. The van der Waals surface area contributed by atoms with E-state index in [2.05, 4.69) is 25.4 Å². The van der Waals surface area contributed by atoms with Crippen molar-refractivity contribution in [2.75, 3.05) is 5.32 Å². The van der Waals surface area contributed by atoms with E-state index in [0.29, 0.717) is 0 Å². The number of nitrogens with zero attached hydrogens (tertiary/aromatic N) is 3. The van der Waals surface area contributed by atoms with Gasteiger partial charge in [0.05, 0.1) is 0 Å². The number of benzene rings is 2. The van der Waals surface area contributed by atoms with E-state index in [1.54, 1.807) is 0 Å². The van der Waals surface area contributed by atoms with Crippen LogP contribution in [0.4, 0.5) is 10.5 Å². The van der Waals surface area contributed by atoms with Crippen molar-refractivity contribution in [1.29, 1.82) is 0 Å². The van der Waals surface area contributed by atoms with Crippen LogP contribution in [0.2, 0.25) is 0 Å². The van der Waals surface area contributed by atoms with Crippen LogP contribution in [0, 0.1) is 0 Å². The van der Waals surface area contributed by atoms with Crippen molar-refractivity contribution in [3.63, 3.8) is 0 Å². The van der Waals surface area contributed by atoms with Gasteiger partial charge in [0.25, 0.3) is 5.91 Å². The van der Waals surface area contributed by atoms with E-state index in [-0.39, 0.29) is 0 Å². The Hall–Kier alpha value is -3.68. The second-order valence-corrected chi connectivity index (χ2v) is 7.32. The summed E-state index contributed by atoms with van der Waals surface area (Å²) >= 11 is 0. The molecule has 2 aromatic carbocycles. The predicted molar refractivity (Wildman–Crippen MR) is 114 cm³/mol. The van der Waals surface area contributed by atoms with Crippen molar-refractivity contribution in [2.24, 2.45) is 5.73 Å². The number of primary amides is 1. The second kappa shape index (κ2) is 8.77. The molecule has 0 bridgehead atoms. The first kappa shape index (κ1) is 19.6. The van der Waals surface area contributed by atoms with Gasteiger partial charge in [-0.25, -0.2) is 4.79 Å². The molecule has 154 valence electrons. The number of aromatic nitrogens is 3. The molecule has 0 radical (unpaired) electrons. The SMILES string of the molecule is NC(=O)NC(=O)C(Nc1cccc(-c2nnc3n2CCCCC3)c1)c1ccccc1. The molecular formula is C22H24N6O2. The van der Waals surface area contributed by atoms with Crippen LogP contribution in [-0.4, -0.2) is 26.7 Å². The number of nitrogens with two attached hydrogens (primary N) is 1. The number of hydrogen-bond acceptors (Lipinski definition) is 5. The van der Waals surface area contributed by atoms with Crippen molar-refractivity contribution in [3.8, 4) is 11.4 Å². The topological polar surface area (TPSA) is 115 Å². The smallest absolute Gasteiger partial charge is 0.318 e. The Morgan fingerprint density at radius 2 is 1.83 bits per heavy atom. The van der Waals surface area contributed by atoms with Crippen molar-refractivity contribution < 1.29 is 9.59 Å². The summed E-state index contributed by atoms with van der Waals surface area (Å²) in [5, 5.41) is 14.2.